The van der Waals surface area contributed by atoms with Crippen LogP contribution >= 0.6 is 0 Å². The summed E-state index contributed by atoms with van der Waals surface area (Å²) in [5.74, 6) is 0.832. The number of nitriles is 1. The van der Waals surface area contributed by atoms with E-state index in [4.69, 9.17) is 14.7 Å². The van der Waals surface area contributed by atoms with Crippen molar-refractivity contribution in [3.05, 3.63) is 23.9 Å². The summed E-state index contributed by atoms with van der Waals surface area (Å²) in [5.41, 5.74) is 0.562. The van der Waals surface area contributed by atoms with Crippen LogP contribution in [0.4, 0.5) is 5.82 Å². The fourth-order valence-corrected chi connectivity index (χ4v) is 1.38. The van der Waals surface area contributed by atoms with Gasteiger partial charge in [0.25, 0.3) is 0 Å². The average Bonchev–Trinajstić information content (AvgIpc) is 2.39. The molecule has 0 bridgehead atoms. The van der Waals surface area contributed by atoms with Crippen molar-refractivity contribution in [2.45, 2.75) is 0 Å². The zero-order chi connectivity index (χ0) is 12.5. The minimum absolute atomic E-state index is 0.562. The molecular weight excluding hydrogens is 218 g/mol. The van der Waals surface area contributed by atoms with Gasteiger partial charge in [-0.2, -0.15) is 5.26 Å². The maximum atomic E-state index is 8.71. The van der Waals surface area contributed by atoms with Crippen LogP contribution in [0.2, 0.25) is 0 Å². The zero-order valence-corrected chi connectivity index (χ0v) is 10.2. The van der Waals surface area contributed by atoms with Crippen molar-refractivity contribution in [1.29, 1.82) is 5.26 Å². The van der Waals surface area contributed by atoms with Crippen molar-refractivity contribution in [1.82, 2.24) is 4.98 Å². The second-order valence-corrected chi connectivity index (χ2v) is 3.49. The van der Waals surface area contributed by atoms with Crippen molar-refractivity contribution in [2.24, 2.45) is 0 Å². The van der Waals surface area contributed by atoms with Gasteiger partial charge < -0.3 is 14.4 Å². The van der Waals surface area contributed by atoms with E-state index in [0.29, 0.717) is 18.8 Å². The predicted molar refractivity (Wildman–Crippen MR) is 64.9 cm³/mol. The third-order valence-corrected chi connectivity index (χ3v) is 2.33. The topological polar surface area (TPSA) is 58.4 Å². The van der Waals surface area contributed by atoms with Gasteiger partial charge >= 0.3 is 0 Å². The van der Waals surface area contributed by atoms with Crippen LogP contribution in [-0.2, 0) is 9.47 Å². The summed E-state index contributed by atoms with van der Waals surface area (Å²) in [4.78, 5) is 6.31. The van der Waals surface area contributed by atoms with Crippen LogP contribution in [0.15, 0.2) is 18.3 Å². The number of anilines is 1. The highest BCUT2D eigenvalue weighted by Gasteiger charge is 2.07. The van der Waals surface area contributed by atoms with E-state index in [-0.39, 0.29) is 0 Å². The molecule has 0 fully saturated rings. The van der Waals surface area contributed by atoms with E-state index in [1.807, 2.05) is 12.1 Å². The predicted octanol–water partition coefficient (Wildman–Crippen LogP) is 1.05. The van der Waals surface area contributed by atoms with Crippen LogP contribution in [0, 0.1) is 11.3 Å². The number of ether oxygens (including phenoxy) is 2. The first-order valence-corrected chi connectivity index (χ1v) is 5.40. The van der Waals surface area contributed by atoms with E-state index in [0.717, 1.165) is 18.9 Å². The van der Waals surface area contributed by atoms with E-state index < -0.39 is 0 Å². The van der Waals surface area contributed by atoms with Gasteiger partial charge in [-0.3, -0.25) is 0 Å². The Kier molecular flexibility index (Phi) is 6.00. The number of hydrogen-bond acceptors (Lipinski definition) is 5. The Labute approximate surface area is 102 Å². The fraction of sp³-hybridized carbons (Fsp3) is 0.500. The molecule has 5 nitrogen and oxygen atoms in total. The van der Waals surface area contributed by atoms with Crippen molar-refractivity contribution in [2.75, 3.05) is 45.4 Å². The highest BCUT2D eigenvalue weighted by atomic mass is 16.5. The number of hydrogen-bond donors (Lipinski definition) is 0. The second-order valence-electron chi connectivity index (χ2n) is 3.49. The largest absolute Gasteiger partial charge is 0.383 e. The summed E-state index contributed by atoms with van der Waals surface area (Å²) in [6.07, 6.45) is 1.57. The Morgan fingerprint density at radius 3 is 2.29 bits per heavy atom. The van der Waals surface area contributed by atoms with Gasteiger partial charge in [0, 0.05) is 33.5 Å². The van der Waals surface area contributed by atoms with Crippen molar-refractivity contribution >= 4 is 5.82 Å². The van der Waals surface area contributed by atoms with Crippen molar-refractivity contribution in [3.63, 3.8) is 0 Å². The van der Waals surface area contributed by atoms with Gasteiger partial charge in [0.05, 0.1) is 18.8 Å². The highest BCUT2D eigenvalue weighted by molar-refractivity contribution is 5.41. The molecule has 0 aliphatic rings. The lowest BCUT2D eigenvalue weighted by Crippen LogP contribution is -2.31. The lowest BCUT2D eigenvalue weighted by molar-refractivity contribution is 0.190. The van der Waals surface area contributed by atoms with Gasteiger partial charge in [0.15, 0.2) is 0 Å². The molecule has 1 rings (SSSR count). The third kappa shape index (κ3) is 4.39. The quantitative estimate of drug-likeness (QED) is 0.707. The van der Waals surface area contributed by atoms with E-state index in [9.17, 15) is 0 Å². The SMILES string of the molecule is COCCN(CCOC)c1ccc(C#N)cn1. The fourth-order valence-electron chi connectivity index (χ4n) is 1.38. The van der Waals surface area contributed by atoms with Crippen LogP contribution < -0.4 is 4.90 Å². The van der Waals surface area contributed by atoms with Gasteiger partial charge in [-0.1, -0.05) is 0 Å². The van der Waals surface area contributed by atoms with Crippen LogP contribution in [-0.4, -0.2) is 45.5 Å². The molecule has 0 saturated heterocycles. The molecule has 17 heavy (non-hydrogen) atoms. The number of methoxy groups -OCH3 is 2. The third-order valence-electron chi connectivity index (χ3n) is 2.33. The molecule has 0 saturated carbocycles. The Bertz CT molecular complexity index is 351. The standard InChI is InChI=1S/C12H17N3O2/c1-16-7-5-15(6-8-17-2)12-4-3-11(9-13)10-14-12/h3-4,10H,5-8H2,1-2H3. The molecule has 1 heterocycles. The first-order valence-electron chi connectivity index (χ1n) is 5.40. The van der Waals surface area contributed by atoms with E-state index >= 15 is 0 Å². The molecule has 5 heteroatoms. The Morgan fingerprint density at radius 2 is 1.88 bits per heavy atom. The molecule has 0 spiro atoms. The first kappa shape index (κ1) is 13.4. The maximum Gasteiger partial charge on any atom is 0.128 e. The van der Waals surface area contributed by atoms with Gasteiger partial charge in [-0.25, -0.2) is 4.98 Å². The molecule has 0 aromatic carbocycles. The lowest BCUT2D eigenvalue weighted by Gasteiger charge is -2.22. The van der Waals surface area contributed by atoms with Gasteiger partial charge in [-0.15, -0.1) is 0 Å². The Morgan fingerprint density at radius 1 is 1.24 bits per heavy atom. The van der Waals surface area contributed by atoms with E-state index in [2.05, 4.69) is 9.88 Å². The van der Waals surface area contributed by atoms with Crippen molar-refractivity contribution < 1.29 is 9.47 Å². The normalized spacial score (nSPS) is 9.94. The monoisotopic (exact) mass is 235 g/mol. The molecule has 1 aromatic rings. The molecule has 0 radical (unpaired) electrons. The molecular formula is C12H17N3O2. The summed E-state index contributed by atoms with van der Waals surface area (Å²) in [5, 5.41) is 8.71. The summed E-state index contributed by atoms with van der Waals surface area (Å²) in [6.45, 7) is 2.76. The zero-order valence-electron chi connectivity index (χ0n) is 10.2. The molecule has 0 aliphatic carbocycles. The number of rotatable bonds is 7. The summed E-state index contributed by atoms with van der Waals surface area (Å²) in [6, 6.07) is 5.65. The Hall–Kier alpha value is -1.64. The van der Waals surface area contributed by atoms with Gasteiger partial charge in [-0.05, 0) is 12.1 Å². The number of pyridine rings is 1. The maximum absolute atomic E-state index is 8.71. The molecule has 0 amide bonds. The minimum Gasteiger partial charge on any atom is -0.383 e. The molecule has 0 unspecified atom stereocenters. The van der Waals surface area contributed by atoms with Gasteiger partial charge in [0.2, 0.25) is 0 Å². The lowest BCUT2D eigenvalue weighted by atomic mass is 10.3. The molecule has 0 atom stereocenters. The molecule has 92 valence electrons. The van der Waals surface area contributed by atoms with Crippen LogP contribution in [0.5, 0.6) is 0 Å². The van der Waals surface area contributed by atoms with E-state index in [1.54, 1.807) is 26.5 Å². The minimum atomic E-state index is 0.562. The van der Waals surface area contributed by atoms with Crippen LogP contribution in [0.3, 0.4) is 0 Å². The smallest absolute Gasteiger partial charge is 0.128 e. The van der Waals surface area contributed by atoms with Crippen LogP contribution in [0.1, 0.15) is 5.56 Å². The molecule has 0 aliphatic heterocycles. The summed E-state index contributed by atoms with van der Waals surface area (Å²) >= 11 is 0. The second kappa shape index (κ2) is 7.60. The average molecular weight is 235 g/mol. The number of nitrogens with zero attached hydrogens (tertiary/aromatic N) is 3. The highest BCUT2D eigenvalue weighted by Crippen LogP contribution is 2.10. The van der Waals surface area contributed by atoms with Crippen LogP contribution in [0.25, 0.3) is 0 Å². The Balaban J connectivity index is 2.69. The molecule has 0 N–H and O–H groups in total. The molecule has 1 aromatic heterocycles. The van der Waals surface area contributed by atoms with Crippen molar-refractivity contribution in [3.8, 4) is 6.07 Å². The number of aromatic nitrogens is 1. The van der Waals surface area contributed by atoms with Gasteiger partial charge in [0.1, 0.15) is 11.9 Å². The summed E-state index contributed by atoms with van der Waals surface area (Å²) < 4.78 is 10.1. The summed E-state index contributed by atoms with van der Waals surface area (Å²) in [7, 11) is 3.33. The van der Waals surface area contributed by atoms with E-state index in [1.165, 1.54) is 0 Å². The first-order chi connectivity index (χ1) is 8.31.